The number of rotatable bonds is 6. The Kier molecular flexibility index (Phi) is 6.92. The molecule has 1 aromatic rings. The van der Waals surface area contributed by atoms with E-state index in [1.54, 1.807) is 0 Å². The SMILES string of the molecule is O=C(CCCOc1ccccc1)N1CCCN(C(=O)C2CCCC2)CC1. The van der Waals surface area contributed by atoms with E-state index >= 15 is 0 Å². The average Bonchev–Trinajstić information content (AvgIpc) is 3.10. The van der Waals surface area contributed by atoms with Gasteiger partial charge in [-0.2, -0.15) is 0 Å². The van der Waals surface area contributed by atoms with E-state index in [-0.39, 0.29) is 11.8 Å². The van der Waals surface area contributed by atoms with Gasteiger partial charge in [0.1, 0.15) is 5.75 Å². The van der Waals surface area contributed by atoms with Crippen LogP contribution in [0.1, 0.15) is 44.9 Å². The Labute approximate surface area is 156 Å². The highest BCUT2D eigenvalue weighted by molar-refractivity contribution is 5.79. The first-order valence-electron chi connectivity index (χ1n) is 9.98. The molecule has 0 radical (unpaired) electrons. The van der Waals surface area contributed by atoms with Crippen LogP contribution in [0.5, 0.6) is 5.75 Å². The van der Waals surface area contributed by atoms with Crippen LogP contribution in [-0.2, 0) is 9.59 Å². The molecule has 0 bridgehead atoms. The maximum Gasteiger partial charge on any atom is 0.225 e. The average molecular weight is 358 g/mol. The number of carbonyl (C=O) groups is 2. The van der Waals surface area contributed by atoms with Crippen molar-refractivity contribution in [3.63, 3.8) is 0 Å². The fourth-order valence-corrected chi connectivity index (χ4v) is 3.91. The van der Waals surface area contributed by atoms with Crippen molar-refractivity contribution in [3.8, 4) is 5.75 Å². The van der Waals surface area contributed by atoms with Gasteiger partial charge in [-0.1, -0.05) is 31.0 Å². The van der Waals surface area contributed by atoms with Crippen LogP contribution in [0.3, 0.4) is 0 Å². The highest BCUT2D eigenvalue weighted by Gasteiger charge is 2.29. The molecule has 0 atom stereocenters. The molecule has 0 aromatic heterocycles. The molecule has 1 saturated heterocycles. The summed E-state index contributed by atoms with van der Waals surface area (Å²) < 4.78 is 5.65. The lowest BCUT2D eigenvalue weighted by Gasteiger charge is -2.24. The first-order valence-corrected chi connectivity index (χ1v) is 9.98. The molecule has 142 valence electrons. The molecule has 5 nitrogen and oxygen atoms in total. The number of para-hydroxylation sites is 1. The van der Waals surface area contributed by atoms with Gasteiger partial charge < -0.3 is 14.5 Å². The minimum Gasteiger partial charge on any atom is -0.494 e. The normalized spacial score (nSPS) is 18.6. The van der Waals surface area contributed by atoms with E-state index < -0.39 is 0 Å². The van der Waals surface area contributed by atoms with Crippen molar-refractivity contribution in [2.45, 2.75) is 44.9 Å². The Hall–Kier alpha value is -2.04. The number of ether oxygens (including phenoxy) is 1. The summed E-state index contributed by atoms with van der Waals surface area (Å²) >= 11 is 0. The number of hydrogen-bond acceptors (Lipinski definition) is 3. The second-order valence-electron chi connectivity index (χ2n) is 7.31. The van der Waals surface area contributed by atoms with Crippen molar-refractivity contribution in [1.29, 1.82) is 0 Å². The van der Waals surface area contributed by atoms with Gasteiger partial charge in [0.25, 0.3) is 0 Å². The number of benzene rings is 1. The van der Waals surface area contributed by atoms with E-state index in [0.29, 0.717) is 32.0 Å². The Bertz CT molecular complexity index is 584. The molecule has 1 aliphatic heterocycles. The predicted octanol–water partition coefficient (Wildman–Crippen LogP) is 3.10. The van der Waals surface area contributed by atoms with Crippen molar-refractivity contribution in [2.75, 3.05) is 32.8 Å². The van der Waals surface area contributed by atoms with Crippen LogP contribution in [0.2, 0.25) is 0 Å². The Balaban J connectivity index is 1.37. The standard InChI is InChI=1S/C21H30N2O3/c24-20(12-6-17-26-19-10-2-1-3-11-19)22-13-7-14-23(16-15-22)21(25)18-8-4-5-9-18/h1-3,10-11,18H,4-9,12-17H2. The third kappa shape index (κ3) is 5.23. The van der Waals surface area contributed by atoms with Crippen LogP contribution in [0.25, 0.3) is 0 Å². The van der Waals surface area contributed by atoms with E-state index in [2.05, 4.69) is 0 Å². The molecule has 1 saturated carbocycles. The molecule has 1 aromatic carbocycles. The van der Waals surface area contributed by atoms with Crippen molar-refractivity contribution < 1.29 is 14.3 Å². The molecule has 2 amide bonds. The molecule has 0 unspecified atom stereocenters. The van der Waals surface area contributed by atoms with Crippen LogP contribution < -0.4 is 4.74 Å². The van der Waals surface area contributed by atoms with Gasteiger partial charge in [0.05, 0.1) is 6.61 Å². The lowest BCUT2D eigenvalue weighted by Crippen LogP contribution is -2.39. The summed E-state index contributed by atoms with van der Waals surface area (Å²) in [6.07, 6.45) is 6.54. The Morgan fingerprint density at radius 3 is 2.38 bits per heavy atom. The van der Waals surface area contributed by atoms with E-state index in [4.69, 9.17) is 4.74 Å². The molecule has 26 heavy (non-hydrogen) atoms. The number of nitrogens with zero attached hydrogens (tertiary/aromatic N) is 2. The molecular weight excluding hydrogens is 328 g/mol. The van der Waals surface area contributed by atoms with E-state index in [1.807, 2.05) is 40.1 Å². The van der Waals surface area contributed by atoms with Crippen LogP contribution >= 0.6 is 0 Å². The van der Waals surface area contributed by atoms with E-state index in [0.717, 1.165) is 44.5 Å². The summed E-state index contributed by atoms with van der Waals surface area (Å²) in [5.74, 6) is 1.56. The quantitative estimate of drug-likeness (QED) is 0.734. The first-order chi connectivity index (χ1) is 12.7. The Morgan fingerprint density at radius 1 is 0.923 bits per heavy atom. The summed E-state index contributed by atoms with van der Waals surface area (Å²) in [7, 11) is 0. The molecule has 0 N–H and O–H groups in total. The van der Waals surface area contributed by atoms with Crippen LogP contribution in [0.15, 0.2) is 30.3 Å². The van der Waals surface area contributed by atoms with Crippen molar-refractivity contribution in [1.82, 2.24) is 9.80 Å². The van der Waals surface area contributed by atoms with Gasteiger partial charge in [-0.25, -0.2) is 0 Å². The Morgan fingerprint density at radius 2 is 1.62 bits per heavy atom. The summed E-state index contributed by atoms with van der Waals surface area (Å²) in [5, 5.41) is 0. The maximum absolute atomic E-state index is 12.6. The molecule has 2 fully saturated rings. The van der Waals surface area contributed by atoms with Crippen molar-refractivity contribution in [3.05, 3.63) is 30.3 Å². The molecular formula is C21H30N2O3. The predicted molar refractivity (Wildman–Crippen MR) is 101 cm³/mol. The lowest BCUT2D eigenvalue weighted by molar-refractivity contribution is -0.136. The molecule has 2 aliphatic rings. The summed E-state index contributed by atoms with van der Waals surface area (Å²) in [4.78, 5) is 29.0. The highest BCUT2D eigenvalue weighted by Crippen LogP contribution is 2.27. The lowest BCUT2D eigenvalue weighted by atomic mass is 10.1. The van der Waals surface area contributed by atoms with E-state index in [9.17, 15) is 9.59 Å². The van der Waals surface area contributed by atoms with Gasteiger partial charge in [-0.3, -0.25) is 9.59 Å². The van der Waals surface area contributed by atoms with Crippen LogP contribution in [0.4, 0.5) is 0 Å². The van der Waals surface area contributed by atoms with Crippen LogP contribution in [0, 0.1) is 5.92 Å². The van der Waals surface area contributed by atoms with Gasteiger partial charge in [-0.15, -0.1) is 0 Å². The topological polar surface area (TPSA) is 49.9 Å². The second-order valence-corrected chi connectivity index (χ2v) is 7.31. The zero-order valence-electron chi connectivity index (χ0n) is 15.6. The first kappa shape index (κ1) is 18.7. The van der Waals surface area contributed by atoms with Crippen molar-refractivity contribution in [2.24, 2.45) is 5.92 Å². The largest absolute Gasteiger partial charge is 0.494 e. The fraction of sp³-hybridized carbons (Fsp3) is 0.619. The summed E-state index contributed by atoms with van der Waals surface area (Å²) in [6.45, 7) is 3.44. The highest BCUT2D eigenvalue weighted by atomic mass is 16.5. The second kappa shape index (κ2) is 9.60. The van der Waals surface area contributed by atoms with Gasteiger partial charge in [0.2, 0.25) is 11.8 Å². The van der Waals surface area contributed by atoms with Gasteiger partial charge in [0, 0.05) is 38.5 Å². The zero-order valence-corrected chi connectivity index (χ0v) is 15.6. The number of amides is 2. The maximum atomic E-state index is 12.6. The molecule has 5 heteroatoms. The third-order valence-electron chi connectivity index (χ3n) is 5.41. The summed E-state index contributed by atoms with van der Waals surface area (Å²) in [6, 6.07) is 9.68. The molecule has 3 rings (SSSR count). The monoisotopic (exact) mass is 358 g/mol. The number of hydrogen-bond donors (Lipinski definition) is 0. The van der Waals surface area contributed by atoms with Gasteiger partial charge in [-0.05, 0) is 37.8 Å². The number of carbonyl (C=O) groups excluding carboxylic acids is 2. The van der Waals surface area contributed by atoms with Crippen LogP contribution in [-0.4, -0.2) is 54.4 Å². The summed E-state index contributed by atoms with van der Waals surface area (Å²) in [5.41, 5.74) is 0. The minimum absolute atomic E-state index is 0.178. The van der Waals surface area contributed by atoms with E-state index in [1.165, 1.54) is 12.8 Å². The zero-order chi connectivity index (χ0) is 18.2. The smallest absolute Gasteiger partial charge is 0.225 e. The van der Waals surface area contributed by atoms with Gasteiger partial charge >= 0.3 is 0 Å². The molecule has 0 spiro atoms. The van der Waals surface area contributed by atoms with Crippen molar-refractivity contribution >= 4 is 11.8 Å². The molecule has 1 heterocycles. The molecule has 1 aliphatic carbocycles. The third-order valence-corrected chi connectivity index (χ3v) is 5.41. The fourth-order valence-electron chi connectivity index (χ4n) is 3.91. The minimum atomic E-state index is 0.178. The van der Waals surface area contributed by atoms with Gasteiger partial charge in [0.15, 0.2) is 0 Å².